The number of nitrogens with one attached hydrogen (secondary N) is 1. The molecule has 15 heavy (non-hydrogen) atoms. The summed E-state index contributed by atoms with van der Waals surface area (Å²) in [7, 11) is 0. The highest BCUT2D eigenvalue weighted by atomic mass is 32.1. The van der Waals surface area contributed by atoms with Crippen LogP contribution >= 0.6 is 11.3 Å². The molecule has 1 saturated carbocycles. The number of aromatic nitrogens is 1. The zero-order chi connectivity index (χ0) is 10.7. The van der Waals surface area contributed by atoms with Crippen molar-refractivity contribution < 1.29 is 0 Å². The Morgan fingerprint density at radius 3 is 3.07 bits per heavy atom. The molecule has 3 N–H and O–H groups in total. The van der Waals surface area contributed by atoms with Gasteiger partial charge in [0.2, 0.25) is 0 Å². The Morgan fingerprint density at radius 2 is 2.47 bits per heavy atom. The van der Waals surface area contributed by atoms with Crippen molar-refractivity contribution in [2.75, 3.05) is 6.54 Å². The lowest BCUT2D eigenvalue weighted by Gasteiger charge is -2.10. The van der Waals surface area contributed by atoms with E-state index in [0.29, 0.717) is 12.1 Å². The monoisotopic (exact) mass is 225 g/mol. The summed E-state index contributed by atoms with van der Waals surface area (Å²) in [5, 5.41) is 6.86. The quantitative estimate of drug-likeness (QED) is 0.815. The zero-order valence-corrected chi connectivity index (χ0v) is 10.0. The topological polar surface area (TPSA) is 50.9 Å². The van der Waals surface area contributed by atoms with Crippen LogP contribution in [0.15, 0.2) is 5.38 Å². The van der Waals surface area contributed by atoms with E-state index in [1.165, 1.54) is 18.5 Å². The molecule has 0 aromatic carbocycles. The SMILES string of the molecule is Cc1nc(CCNC2CCC(N)C2)cs1. The first-order valence-corrected chi connectivity index (χ1v) is 6.52. The van der Waals surface area contributed by atoms with Crippen LogP contribution in [0.3, 0.4) is 0 Å². The highest BCUT2D eigenvalue weighted by Gasteiger charge is 2.20. The van der Waals surface area contributed by atoms with E-state index in [4.69, 9.17) is 5.73 Å². The Labute approximate surface area is 95.1 Å². The minimum Gasteiger partial charge on any atom is -0.328 e. The summed E-state index contributed by atoms with van der Waals surface area (Å²) in [4.78, 5) is 4.44. The number of aryl methyl sites for hydroxylation is 1. The van der Waals surface area contributed by atoms with Crippen LogP contribution in [0.5, 0.6) is 0 Å². The second kappa shape index (κ2) is 5.05. The lowest BCUT2D eigenvalue weighted by molar-refractivity contribution is 0.519. The van der Waals surface area contributed by atoms with Crippen LogP contribution in [0.2, 0.25) is 0 Å². The van der Waals surface area contributed by atoms with Gasteiger partial charge in [0.1, 0.15) is 0 Å². The predicted octanol–water partition coefficient (Wildman–Crippen LogP) is 1.46. The molecule has 1 heterocycles. The molecule has 0 amide bonds. The fraction of sp³-hybridized carbons (Fsp3) is 0.727. The Hall–Kier alpha value is -0.450. The summed E-state index contributed by atoms with van der Waals surface area (Å²) in [6.45, 7) is 3.08. The molecule has 2 atom stereocenters. The van der Waals surface area contributed by atoms with Gasteiger partial charge in [-0.2, -0.15) is 0 Å². The molecule has 1 aromatic heterocycles. The predicted molar refractivity (Wildman–Crippen MR) is 64.2 cm³/mol. The normalized spacial score (nSPS) is 26.0. The van der Waals surface area contributed by atoms with Crippen molar-refractivity contribution in [3.8, 4) is 0 Å². The van der Waals surface area contributed by atoms with E-state index in [-0.39, 0.29) is 0 Å². The fourth-order valence-corrected chi connectivity index (χ4v) is 2.78. The van der Waals surface area contributed by atoms with Crippen molar-refractivity contribution in [1.82, 2.24) is 10.3 Å². The number of hydrogen-bond donors (Lipinski definition) is 2. The molecule has 0 radical (unpaired) electrons. The van der Waals surface area contributed by atoms with Crippen molar-refractivity contribution in [3.05, 3.63) is 16.1 Å². The summed E-state index contributed by atoms with van der Waals surface area (Å²) in [5.74, 6) is 0. The van der Waals surface area contributed by atoms with E-state index in [1.807, 2.05) is 0 Å². The molecule has 0 spiro atoms. The minimum atomic E-state index is 0.420. The second-order valence-electron chi connectivity index (χ2n) is 4.33. The van der Waals surface area contributed by atoms with Crippen LogP contribution in [-0.4, -0.2) is 23.6 Å². The maximum Gasteiger partial charge on any atom is 0.0897 e. The third-order valence-electron chi connectivity index (χ3n) is 2.95. The molecule has 3 nitrogen and oxygen atoms in total. The molecule has 1 aliphatic carbocycles. The molecule has 1 aromatic rings. The van der Waals surface area contributed by atoms with E-state index in [1.54, 1.807) is 11.3 Å². The van der Waals surface area contributed by atoms with Gasteiger partial charge in [-0.15, -0.1) is 11.3 Å². The third-order valence-corrected chi connectivity index (χ3v) is 3.78. The first-order chi connectivity index (χ1) is 7.24. The summed E-state index contributed by atoms with van der Waals surface area (Å²) < 4.78 is 0. The molecule has 2 unspecified atom stereocenters. The summed E-state index contributed by atoms with van der Waals surface area (Å²) >= 11 is 1.73. The van der Waals surface area contributed by atoms with Gasteiger partial charge in [-0.05, 0) is 26.2 Å². The van der Waals surface area contributed by atoms with Crippen LogP contribution in [0.1, 0.15) is 30.0 Å². The van der Waals surface area contributed by atoms with Gasteiger partial charge in [0.15, 0.2) is 0 Å². The highest BCUT2D eigenvalue weighted by molar-refractivity contribution is 7.09. The number of nitrogens with two attached hydrogens (primary N) is 1. The Bertz CT molecular complexity index is 311. The van der Waals surface area contributed by atoms with E-state index in [2.05, 4.69) is 22.6 Å². The number of rotatable bonds is 4. The third kappa shape index (κ3) is 3.26. The molecular weight excluding hydrogens is 206 g/mol. The molecule has 84 valence electrons. The van der Waals surface area contributed by atoms with E-state index in [0.717, 1.165) is 24.4 Å². The Kier molecular flexibility index (Phi) is 3.72. The zero-order valence-electron chi connectivity index (χ0n) is 9.20. The van der Waals surface area contributed by atoms with Crippen LogP contribution in [0.4, 0.5) is 0 Å². The molecule has 0 bridgehead atoms. The van der Waals surface area contributed by atoms with E-state index >= 15 is 0 Å². The Morgan fingerprint density at radius 1 is 1.60 bits per heavy atom. The molecule has 2 rings (SSSR count). The van der Waals surface area contributed by atoms with Gasteiger partial charge < -0.3 is 11.1 Å². The second-order valence-corrected chi connectivity index (χ2v) is 5.39. The van der Waals surface area contributed by atoms with Gasteiger partial charge in [0, 0.05) is 30.4 Å². The van der Waals surface area contributed by atoms with Crippen molar-refractivity contribution in [1.29, 1.82) is 0 Å². The number of thiazole rings is 1. The van der Waals surface area contributed by atoms with Crippen LogP contribution < -0.4 is 11.1 Å². The molecule has 4 heteroatoms. The van der Waals surface area contributed by atoms with Crippen molar-refractivity contribution in [2.24, 2.45) is 5.73 Å². The van der Waals surface area contributed by atoms with E-state index < -0.39 is 0 Å². The fourth-order valence-electron chi connectivity index (χ4n) is 2.13. The maximum atomic E-state index is 5.86. The molecule has 1 aliphatic rings. The average molecular weight is 225 g/mol. The maximum absolute atomic E-state index is 5.86. The lowest BCUT2D eigenvalue weighted by Crippen LogP contribution is -2.30. The van der Waals surface area contributed by atoms with E-state index in [9.17, 15) is 0 Å². The largest absolute Gasteiger partial charge is 0.328 e. The molecular formula is C11H19N3S. The van der Waals surface area contributed by atoms with Gasteiger partial charge in [-0.3, -0.25) is 0 Å². The Balaban J connectivity index is 1.67. The smallest absolute Gasteiger partial charge is 0.0897 e. The number of hydrogen-bond acceptors (Lipinski definition) is 4. The highest BCUT2D eigenvalue weighted by Crippen LogP contribution is 2.17. The van der Waals surface area contributed by atoms with Crippen molar-refractivity contribution in [3.63, 3.8) is 0 Å². The minimum absolute atomic E-state index is 0.420. The molecule has 1 fully saturated rings. The number of nitrogens with zero attached hydrogens (tertiary/aromatic N) is 1. The van der Waals surface area contributed by atoms with Gasteiger partial charge in [-0.1, -0.05) is 0 Å². The van der Waals surface area contributed by atoms with Crippen LogP contribution in [0, 0.1) is 6.92 Å². The van der Waals surface area contributed by atoms with Crippen molar-refractivity contribution >= 4 is 11.3 Å². The van der Waals surface area contributed by atoms with Gasteiger partial charge in [-0.25, -0.2) is 4.98 Å². The van der Waals surface area contributed by atoms with Crippen LogP contribution in [0.25, 0.3) is 0 Å². The van der Waals surface area contributed by atoms with Gasteiger partial charge in [0.05, 0.1) is 10.7 Å². The van der Waals surface area contributed by atoms with Crippen LogP contribution in [-0.2, 0) is 6.42 Å². The van der Waals surface area contributed by atoms with Crippen molar-refractivity contribution in [2.45, 2.75) is 44.7 Å². The summed E-state index contributed by atoms with van der Waals surface area (Å²) in [5.41, 5.74) is 7.08. The standard InChI is InChI=1S/C11H19N3S/c1-8-14-11(7-15-8)4-5-13-10-3-2-9(12)6-10/h7,9-10,13H,2-6,12H2,1H3. The molecule has 0 aliphatic heterocycles. The average Bonchev–Trinajstić information content (AvgIpc) is 2.76. The summed E-state index contributed by atoms with van der Waals surface area (Å²) in [6, 6.07) is 1.06. The van der Waals surface area contributed by atoms with Gasteiger partial charge in [0.25, 0.3) is 0 Å². The first-order valence-electron chi connectivity index (χ1n) is 5.64. The molecule has 0 saturated heterocycles. The van der Waals surface area contributed by atoms with Gasteiger partial charge >= 0.3 is 0 Å². The first kappa shape index (κ1) is 11.0. The summed E-state index contributed by atoms with van der Waals surface area (Å²) in [6.07, 6.45) is 4.58. The lowest BCUT2D eigenvalue weighted by atomic mass is 10.2.